The van der Waals surface area contributed by atoms with Crippen molar-refractivity contribution < 1.29 is 14.3 Å². The number of rotatable bonds is 4. The smallest absolute Gasteiger partial charge is 0.309 e. The van der Waals surface area contributed by atoms with E-state index in [4.69, 9.17) is 4.74 Å². The first-order chi connectivity index (χ1) is 7.11. The summed E-state index contributed by atoms with van der Waals surface area (Å²) in [6.45, 7) is 1.88. The molecule has 0 amide bonds. The van der Waals surface area contributed by atoms with Crippen molar-refractivity contribution in [2.24, 2.45) is 0 Å². The zero-order chi connectivity index (χ0) is 11.3. The molecule has 1 atom stereocenters. The van der Waals surface area contributed by atoms with Crippen LogP contribution < -0.4 is 4.74 Å². The molecule has 0 fully saturated rings. The Morgan fingerprint density at radius 1 is 1.53 bits per heavy atom. The van der Waals surface area contributed by atoms with Crippen LogP contribution in [0.3, 0.4) is 0 Å². The third kappa shape index (κ3) is 4.34. The molecule has 0 aliphatic heterocycles. The molecule has 0 N–H and O–H groups in total. The zero-order valence-corrected chi connectivity index (χ0v) is 10.3. The number of benzene rings is 1. The third-order valence-corrected chi connectivity index (χ3v) is 1.96. The van der Waals surface area contributed by atoms with Gasteiger partial charge in [0.15, 0.2) is 5.01 Å². The number of carbonyl (C=O) groups is 1. The Morgan fingerprint density at radius 2 is 2.27 bits per heavy atom. The van der Waals surface area contributed by atoms with Crippen LogP contribution in [0, 0.1) is 0 Å². The molecule has 0 heterocycles. The Kier molecular flexibility index (Phi) is 4.62. The van der Waals surface area contributed by atoms with Crippen LogP contribution in [0.25, 0.3) is 0 Å². The van der Waals surface area contributed by atoms with E-state index in [1.165, 1.54) is 7.11 Å². The van der Waals surface area contributed by atoms with Crippen molar-refractivity contribution >= 4 is 21.9 Å². The lowest BCUT2D eigenvalue weighted by atomic mass is 10.1. The van der Waals surface area contributed by atoms with Crippen LogP contribution >= 0.6 is 15.9 Å². The molecular formula is C11H13BrO3. The van der Waals surface area contributed by atoms with Crippen LogP contribution in [0.15, 0.2) is 24.3 Å². The summed E-state index contributed by atoms with van der Waals surface area (Å²) in [4.78, 5) is 11.0. The minimum absolute atomic E-state index is 0.0501. The Morgan fingerprint density at radius 3 is 2.87 bits per heavy atom. The van der Waals surface area contributed by atoms with Gasteiger partial charge < -0.3 is 9.47 Å². The predicted octanol–water partition coefficient (Wildman–Crippen LogP) is 2.52. The fourth-order valence-corrected chi connectivity index (χ4v) is 1.37. The van der Waals surface area contributed by atoms with Gasteiger partial charge in [0.25, 0.3) is 0 Å². The number of halogens is 1. The van der Waals surface area contributed by atoms with Crippen molar-refractivity contribution in [3.63, 3.8) is 0 Å². The normalized spacial score (nSPS) is 11.9. The van der Waals surface area contributed by atoms with Gasteiger partial charge in [-0.25, -0.2) is 0 Å². The number of ether oxygens (including phenoxy) is 2. The average molecular weight is 273 g/mol. The molecule has 0 radical (unpaired) electrons. The molecule has 0 saturated carbocycles. The van der Waals surface area contributed by atoms with Crippen molar-refractivity contribution in [3.8, 4) is 5.75 Å². The van der Waals surface area contributed by atoms with E-state index in [1.54, 1.807) is 0 Å². The molecule has 15 heavy (non-hydrogen) atoms. The van der Waals surface area contributed by atoms with Gasteiger partial charge in [-0.1, -0.05) is 12.1 Å². The van der Waals surface area contributed by atoms with E-state index in [0.29, 0.717) is 0 Å². The van der Waals surface area contributed by atoms with Crippen LogP contribution in [0.1, 0.15) is 12.5 Å². The maximum Gasteiger partial charge on any atom is 0.309 e. The van der Waals surface area contributed by atoms with Crippen molar-refractivity contribution in [1.82, 2.24) is 0 Å². The minimum atomic E-state index is -0.251. The summed E-state index contributed by atoms with van der Waals surface area (Å²) >= 11 is 3.29. The quantitative estimate of drug-likeness (QED) is 0.624. The molecular weight excluding hydrogens is 260 g/mol. The van der Waals surface area contributed by atoms with Crippen LogP contribution in [-0.2, 0) is 16.0 Å². The summed E-state index contributed by atoms with van der Waals surface area (Å²) in [7, 11) is 1.38. The molecule has 1 aromatic carbocycles. The number of carbonyl (C=O) groups excluding carboxylic acids is 1. The third-order valence-electron chi connectivity index (χ3n) is 1.77. The summed E-state index contributed by atoms with van der Waals surface area (Å²) in [5.74, 6) is 0.486. The second kappa shape index (κ2) is 5.75. The Bertz CT molecular complexity index is 336. The van der Waals surface area contributed by atoms with Gasteiger partial charge in [-0.05, 0) is 40.5 Å². The molecule has 4 heteroatoms. The Balaban J connectivity index is 2.69. The number of methoxy groups -OCH3 is 1. The summed E-state index contributed by atoms with van der Waals surface area (Å²) in [6, 6.07) is 7.39. The van der Waals surface area contributed by atoms with E-state index in [2.05, 4.69) is 20.7 Å². The fraction of sp³-hybridized carbons (Fsp3) is 0.364. The number of hydrogen-bond donors (Lipinski definition) is 0. The molecule has 82 valence electrons. The molecule has 0 aliphatic carbocycles. The maximum absolute atomic E-state index is 11.0. The zero-order valence-electron chi connectivity index (χ0n) is 8.70. The first kappa shape index (κ1) is 12.0. The van der Waals surface area contributed by atoms with Crippen molar-refractivity contribution in [1.29, 1.82) is 0 Å². The molecule has 1 aromatic rings. The number of esters is 1. The van der Waals surface area contributed by atoms with Crippen molar-refractivity contribution in [2.75, 3.05) is 7.11 Å². The van der Waals surface area contributed by atoms with E-state index in [0.717, 1.165) is 11.3 Å². The monoisotopic (exact) mass is 272 g/mol. The molecule has 1 unspecified atom stereocenters. The highest BCUT2D eigenvalue weighted by Crippen LogP contribution is 2.17. The lowest BCUT2D eigenvalue weighted by Crippen LogP contribution is -2.05. The van der Waals surface area contributed by atoms with E-state index in [1.807, 2.05) is 31.2 Å². The minimum Gasteiger partial charge on any atom is -0.480 e. The summed E-state index contributed by atoms with van der Waals surface area (Å²) in [6.07, 6.45) is 0.268. The number of hydrogen-bond acceptors (Lipinski definition) is 3. The summed E-state index contributed by atoms with van der Waals surface area (Å²) in [5, 5.41) is -0.0501. The molecule has 0 aliphatic rings. The highest BCUT2D eigenvalue weighted by Gasteiger charge is 2.04. The molecule has 1 rings (SSSR count). The Hall–Kier alpha value is -1.03. The van der Waals surface area contributed by atoms with Gasteiger partial charge in [-0.15, -0.1) is 0 Å². The average Bonchev–Trinajstić information content (AvgIpc) is 2.17. The van der Waals surface area contributed by atoms with Crippen LogP contribution in [0.5, 0.6) is 5.75 Å². The van der Waals surface area contributed by atoms with E-state index < -0.39 is 0 Å². The van der Waals surface area contributed by atoms with Gasteiger partial charge in [-0.3, -0.25) is 4.79 Å². The van der Waals surface area contributed by atoms with E-state index >= 15 is 0 Å². The van der Waals surface area contributed by atoms with E-state index in [9.17, 15) is 4.79 Å². The second-order valence-corrected chi connectivity index (χ2v) is 4.35. The predicted molar refractivity (Wildman–Crippen MR) is 61.2 cm³/mol. The summed E-state index contributed by atoms with van der Waals surface area (Å²) < 4.78 is 10.0. The van der Waals surface area contributed by atoms with Gasteiger partial charge >= 0.3 is 5.97 Å². The second-order valence-electron chi connectivity index (χ2n) is 3.06. The molecule has 0 aromatic heterocycles. The highest BCUT2D eigenvalue weighted by molar-refractivity contribution is 9.09. The molecule has 0 bridgehead atoms. The fourth-order valence-electron chi connectivity index (χ4n) is 1.16. The molecule has 0 spiro atoms. The molecule has 0 saturated heterocycles. The standard InChI is InChI=1S/C11H13BrO3/c1-8(12)15-10-5-3-4-9(6-10)7-11(13)14-2/h3-6,8H,7H2,1-2H3. The first-order valence-corrected chi connectivity index (χ1v) is 5.50. The van der Waals surface area contributed by atoms with Crippen LogP contribution in [0.4, 0.5) is 0 Å². The maximum atomic E-state index is 11.0. The van der Waals surface area contributed by atoms with Gasteiger partial charge in [0.05, 0.1) is 13.5 Å². The largest absolute Gasteiger partial charge is 0.480 e. The number of alkyl halides is 1. The van der Waals surface area contributed by atoms with Crippen LogP contribution in [0.2, 0.25) is 0 Å². The van der Waals surface area contributed by atoms with Crippen molar-refractivity contribution in [3.05, 3.63) is 29.8 Å². The summed E-state index contributed by atoms with van der Waals surface area (Å²) in [5.41, 5.74) is 0.882. The lowest BCUT2D eigenvalue weighted by Gasteiger charge is -2.09. The van der Waals surface area contributed by atoms with Gasteiger partial charge in [0, 0.05) is 0 Å². The van der Waals surface area contributed by atoms with Gasteiger partial charge in [0.2, 0.25) is 0 Å². The Labute approximate surface area is 97.5 Å². The van der Waals surface area contributed by atoms with Crippen molar-refractivity contribution in [2.45, 2.75) is 18.4 Å². The van der Waals surface area contributed by atoms with Crippen LogP contribution in [-0.4, -0.2) is 18.1 Å². The van der Waals surface area contributed by atoms with Gasteiger partial charge in [-0.2, -0.15) is 0 Å². The first-order valence-electron chi connectivity index (χ1n) is 4.58. The highest BCUT2D eigenvalue weighted by atomic mass is 79.9. The van der Waals surface area contributed by atoms with Gasteiger partial charge in [0.1, 0.15) is 5.75 Å². The van der Waals surface area contributed by atoms with E-state index in [-0.39, 0.29) is 17.4 Å². The molecule has 3 nitrogen and oxygen atoms in total. The SMILES string of the molecule is COC(=O)Cc1cccc(OC(C)Br)c1. The lowest BCUT2D eigenvalue weighted by molar-refractivity contribution is -0.139. The topological polar surface area (TPSA) is 35.5 Å².